The van der Waals surface area contributed by atoms with Crippen LogP contribution >= 0.6 is 0 Å². The largest absolute Gasteiger partial charge is 0.497 e. The van der Waals surface area contributed by atoms with Crippen molar-refractivity contribution in [3.63, 3.8) is 0 Å². The molecule has 6 nitrogen and oxygen atoms in total. The molecule has 2 N–H and O–H groups in total. The van der Waals surface area contributed by atoms with Crippen molar-refractivity contribution in [1.82, 2.24) is 15.6 Å². The lowest BCUT2D eigenvalue weighted by Gasteiger charge is -2.17. The molecule has 0 saturated carbocycles. The standard InChI is InChI=1S/C23H26N4O2/c1-29-21-7-6-19-12-17(4-5-20(19)14-21)15-25-23(28)26-16-18-8-9-24-22(13-18)27-10-2-3-11-27/h4-9,12-14H,2-3,10-11,15-16H2,1H3,(H2,25,26,28). The van der Waals surface area contributed by atoms with E-state index in [0.717, 1.165) is 46.6 Å². The molecule has 0 aliphatic carbocycles. The molecule has 1 aliphatic rings. The monoisotopic (exact) mass is 390 g/mol. The number of anilines is 1. The van der Waals surface area contributed by atoms with E-state index in [1.165, 1.54) is 12.8 Å². The quantitative estimate of drug-likeness (QED) is 0.671. The number of urea groups is 1. The summed E-state index contributed by atoms with van der Waals surface area (Å²) >= 11 is 0. The second kappa shape index (κ2) is 8.82. The maximum absolute atomic E-state index is 12.2. The molecule has 1 aromatic heterocycles. The SMILES string of the molecule is COc1ccc2cc(CNC(=O)NCc3ccnc(N4CCCC4)c3)ccc2c1. The fourth-order valence-corrected chi connectivity index (χ4v) is 3.63. The summed E-state index contributed by atoms with van der Waals surface area (Å²) in [6.07, 6.45) is 4.25. The molecule has 6 heteroatoms. The number of amides is 2. The first kappa shape index (κ1) is 19.1. The van der Waals surface area contributed by atoms with Crippen LogP contribution in [0.4, 0.5) is 10.6 Å². The van der Waals surface area contributed by atoms with Gasteiger partial charge >= 0.3 is 6.03 Å². The minimum absolute atomic E-state index is 0.181. The molecule has 0 atom stereocenters. The Bertz CT molecular complexity index is 999. The number of fused-ring (bicyclic) bond motifs is 1. The van der Waals surface area contributed by atoms with E-state index in [-0.39, 0.29) is 6.03 Å². The number of nitrogens with zero attached hydrogens (tertiary/aromatic N) is 2. The lowest BCUT2D eigenvalue weighted by molar-refractivity contribution is 0.240. The molecule has 0 radical (unpaired) electrons. The van der Waals surface area contributed by atoms with Crippen molar-refractivity contribution in [3.8, 4) is 5.75 Å². The molecule has 3 aromatic rings. The molecule has 150 valence electrons. The minimum Gasteiger partial charge on any atom is -0.497 e. The predicted octanol–water partition coefficient (Wildman–Crippen LogP) is 3.84. The van der Waals surface area contributed by atoms with Crippen LogP contribution in [-0.2, 0) is 13.1 Å². The highest BCUT2D eigenvalue weighted by Gasteiger charge is 2.13. The van der Waals surface area contributed by atoms with Gasteiger partial charge in [0.15, 0.2) is 0 Å². The first-order chi connectivity index (χ1) is 14.2. The molecule has 0 bridgehead atoms. The van der Waals surface area contributed by atoms with E-state index >= 15 is 0 Å². The lowest BCUT2D eigenvalue weighted by atomic mass is 10.1. The number of hydrogen-bond donors (Lipinski definition) is 2. The molecule has 0 spiro atoms. The summed E-state index contributed by atoms with van der Waals surface area (Å²) in [6, 6.07) is 15.9. The number of carbonyl (C=O) groups excluding carboxylic acids is 1. The van der Waals surface area contributed by atoms with Gasteiger partial charge in [0.1, 0.15) is 11.6 Å². The molecular formula is C23H26N4O2. The Balaban J connectivity index is 1.30. The van der Waals surface area contributed by atoms with Crippen LogP contribution < -0.4 is 20.3 Å². The van der Waals surface area contributed by atoms with Gasteiger partial charge in [0.25, 0.3) is 0 Å². The van der Waals surface area contributed by atoms with Crippen molar-refractivity contribution >= 4 is 22.6 Å². The van der Waals surface area contributed by atoms with Crippen molar-refractivity contribution in [3.05, 3.63) is 65.9 Å². The van der Waals surface area contributed by atoms with Gasteiger partial charge in [-0.25, -0.2) is 9.78 Å². The number of benzene rings is 2. The van der Waals surface area contributed by atoms with Crippen LogP contribution in [-0.4, -0.2) is 31.2 Å². The van der Waals surface area contributed by atoms with Crippen molar-refractivity contribution in [2.75, 3.05) is 25.1 Å². The number of carbonyl (C=O) groups is 1. The van der Waals surface area contributed by atoms with E-state index in [1.54, 1.807) is 7.11 Å². The van der Waals surface area contributed by atoms with Gasteiger partial charge in [-0.15, -0.1) is 0 Å². The van der Waals surface area contributed by atoms with Crippen LogP contribution in [0, 0.1) is 0 Å². The molecule has 1 aliphatic heterocycles. The maximum atomic E-state index is 12.2. The highest BCUT2D eigenvalue weighted by Crippen LogP contribution is 2.22. The van der Waals surface area contributed by atoms with E-state index in [0.29, 0.717) is 13.1 Å². The zero-order valence-corrected chi connectivity index (χ0v) is 16.6. The summed E-state index contributed by atoms with van der Waals surface area (Å²) in [4.78, 5) is 19.0. The number of ether oxygens (including phenoxy) is 1. The molecule has 2 aromatic carbocycles. The van der Waals surface area contributed by atoms with Crippen LogP contribution in [0.3, 0.4) is 0 Å². The fourth-order valence-electron chi connectivity index (χ4n) is 3.63. The Morgan fingerprint density at radius 3 is 2.41 bits per heavy atom. The number of nitrogens with one attached hydrogen (secondary N) is 2. The molecule has 4 rings (SSSR count). The van der Waals surface area contributed by atoms with E-state index in [2.05, 4.69) is 32.7 Å². The van der Waals surface area contributed by atoms with Gasteiger partial charge < -0.3 is 20.3 Å². The first-order valence-corrected chi connectivity index (χ1v) is 9.99. The van der Waals surface area contributed by atoms with Crippen molar-refractivity contribution in [1.29, 1.82) is 0 Å². The summed E-state index contributed by atoms with van der Waals surface area (Å²) in [6.45, 7) is 3.07. The van der Waals surface area contributed by atoms with Gasteiger partial charge in [-0.2, -0.15) is 0 Å². The highest BCUT2D eigenvalue weighted by atomic mass is 16.5. The number of aromatic nitrogens is 1. The Hall–Kier alpha value is -3.28. The molecule has 0 unspecified atom stereocenters. The third-order valence-electron chi connectivity index (χ3n) is 5.26. The van der Waals surface area contributed by atoms with Gasteiger partial charge in [-0.3, -0.25) is 0 Å². The van der Waals surface area contributed by atoms with Crippen LogP contribution in [0.1, 0.15) is 24.0 Å². The summed E-state index contributed by atoms with van der Waals surface area (Å²) in [5.74, 6) is 1.83. The second-order valence-corrected chi connectivity index (χ2v) is 7.30. The Labute approximate surface area is 170 Å². The Morgan fingerprint density at radius 2 is 1.66 bits per heavy atom. The van der Waals surface area contributed by atoms with Crippen LogP contribution in [0.15, 0.2) is 54.7 Å². The number of methoxy groups -OCH3 is 1. The summed E-state index contributed by atoms with van der Waals surface area (Å²) in [7, 11) is 1.66. The third-order valence-corrected chi connectivity index (χ3v) is 5.26. The molecular weight excluding hydrogens is 364 g/mol. The van der Waals surface area contributed by atoms with Crippen molar-refractivity contribution in [2.45, 2.75) is 25.9 Å². The number of hydrogen-bond acceptors (Lipinski definition) is 4. The molecule has 29 heavy (non-hydrogen) atoms. The van der Waals surface area contributed by atoms with Crippen LogP contribution in [0.5, 0.6) is 5.75 Å². The second-order valence-electron chi connectivity index (χ2n) is 7.30. The summed E-state index contributed by atoms with van der Waals surface area (Å²) in [5, 5.41) is 8.09. The highest BCUT2D eigenvalue weighted by molar-refractivity contribution is 5.84. The Morgan fingerprint density at radius 1 is 0.966 bits per heavy atom. The fraction of sp³-hybridized carbons (Fsp3) is 0.304. The van der Waals surface area contributed by atoms with E-state index < -0.39 is 0 Å². The smallest absolute Gasteiger partial charge is 0.315 e. The van der Waals surface area contributed by atoms with Gasteiger partial charge in [-0.1, -0.05) is 18.2 Å². The van der Waals surface area contributed by atoms with E-state index in [9.17, 15) is 4.79 Å². The average molecular weight is 390 g/mol. The summed E-state index contributed by atoms with van der Waals surface area (Å²) < 4.78 is 5.26. The average Bonchev–Trinajstić information content (AvgIpc) is 3.31. The van der Waals surface area contributed by atoms with Crippen molar-refractivity contribution in [2.24, 2.45) is 0 Å². The number of rotatable bonds is 6. The van der Waals surface area contributed by atoms with Gasteiger partial charge in [0.2, 0.25) is 0 Å². The molecule has 2 amide bonds. The molecule has 1 fully saturated rings. The van der Waals surface area contributed by atoms with Gasteiger partial charge in [0.05, 0.1) is 7.11 Å². The van der Waals surface area contributed by atoms with E-state index in [4.69, 9.17) is 4.74 Å². The normalized spacial score (nSPS) is 13.5. The first-order valence-electron chi connectivity index (χ1n) is 9.99. The lowest BCUT2D eigenvalue weighted by Crippen LogP contribution is -2.34. The summed E-state index contributed by atoms with van der Waals surface area (Å²) in [5.41, 5.74) is 2.11. The third kappa shape index (κ3) is 4.77. The Kier molecular flexibility index (Phi) is 5.79. The van der Waals surface area contributed by atoms with Gasteiger partial charge in [-0.05, 0) is 65.1 Å². The predicted molar refractivity (Wildman–Crippen MR) is 115 cm³/mol. The van der Waals surface area contributed by atoms with Crippen LogP contribution in [0.25, 0.3) is 10.8 Å². The van der Waals surface area contributed by atoms with Gasteiger partial charge in [0, 0.05) is 32.4 Å². The van der Waals surface area contributed by atoms with E-state index in [1.807, 2.05) is 42.6 Å². The topological polar surface area (TPSA) is 66.5 Å². The van der Waals surface area contributed by atoms with Crippen molar-refractivity contribution < 1.29 is 9.53 Å². The molecule has 1 saturated heterocycles. The maximum Gasteiger partial charge on any atom is 0.315 e. The number of pyridine rings is 1. The zero-order valence-electron chi connectivity index (χ0n) is 16.6. The zero-order chi connectivity index (χ0) is 20.1. The minimum atomic E-state index is -0.181. The van der Waals surface area contributed by atoms with Crippen LogP contribution in [0.2, 0.25) is 0 Å². The molecule has 2 heterocycles.